The summed E-state index contributed by atoms with van der Waals surface area (Å²) < 4.78 is 22.4. The summed E-state index contributed by atoms with van der Waals surface area (Å²) >= 11 is 1.32. The van der Waals surface area contributed by atoms with E-state index >= 15 is 0 Å². The van der Waals surface area contributed by atoms with Gasteiger partial charge in [0.05, 0.1) is 0 Å². The molecule has 1 fully saturated rings. The fraction of sp³-hybridized carbons (Fsp3) is 0.526. The van der Waals surface area contributed by atoms with Gasteiger partial charge in [-0.05, 0) is 19.1 Å². The lowest BCUT2D eigenvalue weighted by molar-refractivity contribution is -0.189. The molecular formula is C19H24N2O7S. The van der Waals surface area contributed by atoms with Gasteiger partial charge < -0.3 is 24.3 Å². The minimum absolute atomic E-state index is 0.0613. The van der Waals surface area contributed by atoms with E-state index in [2.05, 4.69) is 5.32 Å². The highest BCUT2D eigenvalue weighted by molar-refractivity contribution is 7.99. The van der Waals surface area contributed by atoms with Crippen molar-refractivity contribution in [2.75, 3.05) is 5.75 Å². The molecule has 0 aliphatic carbocycles. The molecule has 0 amide bonds. The third-order valence-electron chi connectivity index (χ3n) is 4.43. The summed E-state index contributed by atoms with van der Waals surface area (Å²) in [5.74, 6) is -0.755. The average Bonchev–Trinajstić information content (AvgIpc) is 3.01. The average molecular weight is 424 g/mol. The van der Waals surface area contributed by atoms with Crippen LogP contribution in [-0.4, -0.2) is 58.5 Å². The SMILES string of the molecule is CC(=O)O[C@@H]1[C@@H](OC(C)=O)[C@H](OC(C)=O)CS[C@H]1OC1=CC=CC2NC=C(C)N12. The van der Waals surface area contributed by atoms with Crippen molar-refractivity contribution < 1.29 is 33.3 Å². The second kappa shape index (κ2) is 8.81. The lowest BCUT2D eigenvalue weighted by atomic mass is 10.1. The molecule has 3 rings (SSSR count). The number of allylic oxidation sites excluding steroid dienone is 3. The van der Waals surface area contributed by atoms with Gasteiger partial charge in [0.15, 0.2) is 29.6 Å². The van der Waals surface area contributed by atoms with Gasteiger partial charge in [0.25, 0.3) is 0 Å². The van der Waals surface area contributed by atoms with Crippen LogP contribution >= 0.6 is 11.8 Å². The van der Waals surface area contributed by atoms with Crippen molar-refractivity contribution in [3.05, 3.63) is 36.0 Å². The molecule has 29 heavy (non-hydrogen) atoms. The van der Waals surface area contributed by atoms with Crippen molar-refractivity contribution >= 4 is 29.7 Å². The second-order valence-corrected chi connectivity index (χ2v) is 7.90. The van der Waals surface area contributed by atoms with Crippen molar-refractivity contribution in [1.29, 1.82) is 0 Å². The number of nitrogens with zero attached hydrogens (tertiary/aromatic N) is 1. The number of esters is 3. The predicted molar refractivity (Wildman–Crippen MR) is 104 cm³/mol. The van der Waals surface area contributed by atoms with E-state index in [1.165, 1.54) is 32.5 Å². The third-order valence-corrected chi connectivity index (χ3v) is 5.65. The molecule has 0 spiro atoms. The summed E-state index contributed by atoms with van der Waals surface area (Å²) in [6, 6.07) is 0. The molecule has 158 valence electrons. The van der Waals surface area contributed by atoms with Crippen LogP contribution in [-0.2, 0) is 33.3 Å². The van der Waals surface area contributed by atoms with E-state index in [0.29, 0.717) is 11.6 Å². The first-order chi connectivity index (χ1) is 13.8. The maximum absolute atomic E-state index is 11.8. The molecule has 9 nitrogen and oxygen atoms in total. The minimum atomic E-state index is -0.976. The van der Waals surface area contributed by atoms with E-state index in [-0.39, 0.29) is 6.17 Å². The Hall–Kier alpha value is -2.62. The molecule has 0 aromatic heterocycles. The number of hydrogen-bond donors (Lipinski definition) is 1. The van der Waals surface area contributed by atoms with E-state index in [9.17, 15) is 14.4 Å². The van der Waals surface area contributed by atoms with Crippen LogP contribution in [0.25, 0.3) is 0 Å². The molecule has 0 aromatic carbocycles. The first-order valence-electron chi connectivity index (χ1n) is 9.16. The number of carbonyl (C=O) groups is 3. The van der Waals surface area contributed by atoms with Crippen molar-refractivity contribution in [2.45, 2.75) is 57.6 Å². The standard InChI is InChI=1S/C19H24N2O7S/c1-10-8-20-15-6-5-7-16(21(10)15)28-19-18(27-13(4)24)17(26-12(3)23)14(9-29-19)25-11(2)22/h5-8,14-15,17-20H,9H2,1-4H3/t14-,15?,17+,18-,19-/m1/s1. The highest BCUT2D eigenvalue weighted by atomic mass is 32.2. The minimum Gasteiger partial charge on any atom is -0.460 e. The number of rotatable bonds is 5. The van der Waals surface area contributed by atoms with E-state index in [1.54, 1.807) is 0 Å². The molecule has 10 heteroatoms. The molecule has 3 aliphatic rings. The van der Waals surface area contributed by atoms with Gasteiger partial charge in [0, 0.05) is 38.4 Å². The Bertz CT molecular complexity index is 779. The monoisotopic (exact) mass is 424 g/mol. The normalized spacial score (nSPS) is 30.3. The molecule has 0 bridgehead atoms. The topological polar surface area (TPSA) is 103 Å². The molecular weight excluding hydrogens is 400 g/mol. The zero-order chi connectivity index (χ0) is 21.1. The lowest BCUT2D eigenvalue weighted by Crippen LogP contribution is -2.55. The molecule has 1 unspecified atom stereocenters. The quantitative estimate of drug-likeness (QED) is 0.514. The molecule has 3 heterocycles. The number of hydrogen-bond acceptors (Lipinski definition) is 10. The van der Waals surface area contributed by atoms with Crippen molar-refractivity contribution in [3.8, 4) is 0 Å². The maximum atomic E-state index is 11.8. The van der Waals surface area contributed by atoms with Gasteiger partial charge in [-0.15, -0.1) is 11.8 Å². The highest BCUT2D eigenvalue weighted by Crippen LogP contribution is 2.36. The third kappa shape index (κ3) is 4.87. The van der Waals surface area contributed by atoms with Gasteiger partial charge in [0.2, 0.25) is 0 Å². The van der Waals surface area contributed by atoms with Gasteiger partial charge in [-0.25, -0.2) is 0 Å². The van der Waals surface area contributed by atoms with Gasteiger partial charge in [-0.3, -0.25) is 19.3 Å². The number of fused-ring (bicyclic) bond motifs is 1. The Morgan fingerprint density at radius 3 is 2.38 bits per heavy atom. The van der Waals surface area contributed by atoms with E-state index in [1.807, 2.05) is 36.3 Å². The van der Waals surface area contributed by atoms with Crippen LogP contribution in [0.1, 0.15) is 27.7 Å². The Kier molecular flexibility index (Phi) is 6.41. The van der Waals surface area contributed by atoms with Crippen LogP contribution in [0.4, 0.5) is 0 Å². The molecule has 1 saturated heterocycles. The number of nitrogens with one attached hydrogen (secondary N) is 1. The lowest BCUT2D eigenvalue weighted by Gasteiger charge is -2.41. The molecule has 5 atom stereocenters. The van der Waals surface area contributed by atoms with Gasteiger partial charge in [-0.1, -0.05) is 6.08 Å². The van der Waals surface area contributed by atoms with E-state index < -0.39 is 41.7 Å². The molecule has 3 aliphatic heterocycles. The Labute approximate surface area is 173 Å². The van der Waals surface area contributed by atoms with Crippen LogP contribution in [0.15, 0.2) is 36.0 Å². The van der Waals surface area contributed by atoms with Gasteiger partial charge in [-0.2, -0.15) is 0 Å². The fourth-order valence-corrected chi connectivity index (χ4v) is 4.57. The summed E-state index contributed by atoms with van der Waals surface area (Å²) in [5.41, 5.74) is 0.298. The summed E-state index contributed by atoms with van der Waals surface area (Å²) in [4.78, 5) is 36.9. The first-order valence-corrected chi connectivity index (χ1v) is 10.2. The van der Waals surface area contributed by atoms with Crippen molar-refractivity contribution in [1.82, 2.24) is 10.2 Å². The Balaban J connectivity index is 1.84. The Morgan fingerprint density at radius 1 is 1.07 bits per heavy atom. The largest absolute Gasteiger partial charge is 0.460 e. The number of carbonyl (C=O) groups excluding carboxylic acids is 3. The fourth-order valence-electron chi connectivity index (χ4n) is 3.37. The zero-order valence-corrected chi connectivity index (χ0v) is 17.4. The summed E-state index contributed by atoms with van der Waals surface area (Å²) in [6.45, 7) is 5.72. The van der Waals surface area contributed by atoms with Crippen LogP contribution in [0.3, 0.4) is 0 Å². The molecule has 0 radical (unpaired) electrons. The summed E-state index contributed by atoms with van der Waals surface area (Å²) in [5, 5.41) is 3.22. The Morgan fingerprint density at radius 2 is 1.72 bits per heavy atom. The van der Waals surface area contributed by atoms with Crippen LogP contribution in [0.5, 0.6) is 0 Å². The zero-order valence-electron chi connectivity index (χ0n) is 16.6. The summed E-state index contributed by atoms with van der Waals surface area (Å²) in [7, 11) is 0. The van der Waals surface area contributed by atoms with Gasteiger partial charge >= 0.3 is 17.9 Å². The van der Waals surface area contributed by atoms with E-state index in [4.69, 9.17) is 18.9 Å². The van der Waals surface area contributed by atoms with Crippen LogP contribution < -0.4 is 5.32 Å². The van der Waals surface area contributed by atoms with Crippen LogP contribution in [0.2, 0.25) is 0 Å². The van der Waals surface area contributed by atoms with Crippen LogP contribution in [0, 0.1) is 0 Å². The number of ether oxygens (including phenoxy) is 4. The number of thioether (sulfide) groups is 1. The second-order valence-electron chi connectivity index (χ2n) is 6.77. The smallest absolute Gasteiger partial charge is 0.303 e. The van der Waals surface area contributed by atoms with E-state index in [0.717, 1.165) is 5.70 Å². The predicted octanol–water partition coefficient (Wildman–Crippen LogP) is 1.37. The molecule has 0 saturated carbocycles. The van der Waals surface area contributed by atoms with Gasteiger partial charge in [0.1, 0.15) is 6.17 Å². The highest BCUT2D eigenvalue weighted by Gasteiger charge is 2.48. The van der Waals surface area contributed by atoms with Crippen molar-refractivity contribution in [3.63, 3.8) is 0 Å². The maximum Gasteiger partial charge on any atom is 0.303 e. The molecule has 1 N–H and O–H groups in total. The van der Waals surface area contributed by atoms with Crippen molar-refractivity contribution in [2.24, 2.45) is 0 Å². The summed E-state index contributed by atoms with van der Waals surface area (Å²) in [6.07, 6.45) is 4.80. The first kappa shape index (κ1) is 21.1. The molecule has 0 aromatic rings.